The number of rotatable bonds is 3. The van der Waals surface area contributed by atoms with Crippen LogP contribution >= 0.6 is 11.8 Å². The van der Waals surface area contributed by atoms with Crippen molar-refractivity contribution < 1.29 is 0 Å². The van der Waals surface area contributed by atoms with Gasteiger partial charge in [0, 0.05) is 0 Å². The van der Waals surface area contributed by atoms with Crippen LogP contribution in [0.1, 0.15) is 18.2 Å². The van der Waals surface area contributed by atoms with Crippen molar-refractivity contribution >= 4 is 11.8 Å². The largest absolute Gasteiger partial charge is 0.322 e. The fourth-order valence-corrected chi connectivity index (χ4v) is 3.63. The Kier molecular flexibility index (Phi) is 3.34. The molecule has 94 valence electrons. The summed E-state index contributed by atoms with van der Waals surface area (Å²) in [6.07, 6.45) is 2.98. The zero-order chi connectivity index (χ0) is 12.4. The van der Waals surface area contributed by atoms with Crippen molar-refractivity contribution in [2.24, 2.45) is 11.7 Å². The maximum absolute atomic E-state index is 6.37. The molecule has 2 unspecified atom stereocenters. The third kappa shape index (κ3) is 2.15. The summed E-state index contributed by atoms with van der Waals surface area (Å²) < 4.78 is 1.85. The molecule has 0 spiro atoms. The van der Waals surface area contributed by atoms with Gasteiger partial charge in [-0.1, -0.05) is 23.4 Å². The highest BCUT2D eigenvalue weighted by Crippen LogP contribution is 2.32. The summed E-state index contributed by atoms with van der Waals surface area (Å²) in [5.41, 5.74) is 8.40. The van der Waals surface area contributed by atoms with E-state index in [-0.39, 0.29) is 6.04 Å². The van der Waals surface area contributed by atoms with E-state index >= 15 is 0 Å². The Balaban J connectivity index is 1.91. The van der Waals surface area contributed by atoms with E-state index in [1.165, 1.54) is 12.2 Å². The first-order chi connectivity index (χ1) is 8.86. The van der Waals surface area contributed by atoms with E-state index in [9.17, 15) is 0 Å². The predicted octanol–water partition coefficient (Wildman–Crippen LogP) is 2.02. The van der Waals surface area contributed by atoms with E-state index in [1.54, 1.807) is 6.20 Å². The first-order valence-electron chi connectivity index (χ1n) is 6.15. The predicted molar refractivity (Wildman–Crippen MR) is 73.7 cm³/mol. The van der Waals surface area contributed by atoms with Crippen LogP contribution in [0.5, 0.6) is 0 Å². The second-order valence-electron chi connectivity index (χ2n) is 4.56. The maximum Gasteiger partial charge on any atom is 0.0816 e. The van der Waals surface area contributed by atoms with Crippen LogP contribution in [-0.4, -0.2) is 26.5 Å². The molecular weight excluding hydrogens is 244 g/mol. The van der Waals surface area contributed by atoms with Gasteiger partial charge in [-0.15, -0.1) is 5.10 Å². The Morgan fingerprint density at radius 3 is 2.89 bits per heavy atom. The molecule has 2 heterocycles. The summed E-state index contributed by atoms with van der Waals surface area (Å²) >= 11 is 1.98. The number of thioether (sulfide) groups is 1. The number of nitrogens with zero attached hydrogens (tertiary/aromatic N) is 3. The lowest BCUT2D eigenvalue weighted by Crippen LogP contribution is -2.24. The maximum atomic E-state index is 6.37. The van der Waals surface area contributed by atoms with Crippen molar-refractivity contribution in [1.82, 2.24) is 15.0 Å². The fourth-order valence-electron chi connectivity index (χ4n) is 2.32. The second-order valence-corrected chi connectivity index (χ2v) is 5.71. The van der Waals surface area contributed by atoms with Crippen LogP contribution < -0.4 is 5.73 Å². The Morgan fingerprint density at radius 2 is 2.17 bits per heavy atom. The van der Waals surface area contributed by atoms with Gasteiger partial charge in [0.1, 0.15) is 0 Å². The van der Waals surface area contributed by atoms with Crippen LogP contribution in [0.15, 0.2) is 36.5 Å². The van der Waals surface area contributed by atoms with E-state index in [1.807, 2.05) is 46.8 Å². The Bertz CT molecular complexity index is 505. The minimum atomic E-state index is 0.0233. The highest BCUT2D eigenvalue weighted by Gasteiger charge is 2.26. The van der Waals surface area contributed by atoms with Crippen molar-refractivity contribution in [1.29, 1.82) is 0 Å². The van der Waals surface area contributed by atoms with E-state index in [0.717, 1.165) is 17.1 Å². The molecular formula is C13H16N4S. The minimum absolute atomic E-state index is 0.0233. The SMILES string of the molecule is NC(c1cnnn1-c1ccccc1)C1CCSC1. The molecule has 1 saturated heterocycles. The highest BCUT2D eigenvalue weighted by molar-refractivity contribution is 7.99. The molecule has 0 aliphatic carbocycles. The summed E-state index contributed by atoms with van der Waals surface area (Å²) in [5, 5.41) is 8.18. The average Bonchev–Trinajstić information content (AvgIpc) is 3.10. The molecule has 1 aliphatic heterocycles. The van der Waals surface area contributed by atoms with E-state index in [2.05, 4.69) is 10.3 Å². The summed E-state index contributed by atoms with van der Waals surface area (Å²) in [6.45, 7) is 0. The number of hydrogen-bond acceptors (Lipinski definition) is 4. The molecule has 2 aromatic rings. The number of aromatic nitrogens is 3. The molecule has 2 atom stereocenters. The standard InChI is InChI=1S/C13H16N4S/c14-13(10-6-7-18-9-10)12-8-15-16-17(12)11-4-2-1-3-5-11/h1-5,8,10,13H,6-7,9,14H2. The average molecular weight is 260 g/mol. The van der Waals surface area contributed by atoms with Gasteiger partial charge in [-0.05, 0) is 36.0 Å². The third-order valence-corrected chi connectivity index (χ3v) is 4.58. The van der Waals surface area contributed by atoms with Gasteiger partial charge in [0.25, 0.3) is 0 Å². The Morgan fingerprint density at radius 1 is 1.33 bits per heavy atom. The van der Waals surface area contributed by atoms with Crippen LogP contribution in [0.25, 0.3) is 5.69 Å². The van der Waals surface area contributed by atoms with Crippen molar-refractivity contribution in [2.75, 3.05) is 11.5 Å². The molecule has 1 fully saturated rings. The fraction of sp³-hybridized carbons (Fsp3) is 0.385. The normalized spacial score (nSPS) is 21.1. The Hall–Kier alpha value is -1.33. The molecule has 1 aromatic carbocycles. The molecule has 4 nitrogen and oxygen atoms in total. The molecule has 0 amide bonds. The van der Waals surface area contributed by atoms with Gasteiger partial charge in [0.05, 0.1) is 23.6 Å². The van der Waals surface area contributed by atoms with Crippen LogP contribution in [0, 0.1) is 5.92 Å². The summed E-state index contributed by atoms with van der Waals surface area (Å²) in [5.74, 6) is 2.89. The van der Waals surface area contributed by atoms with Crippen LogP contribution in [0.2, 0.25) is 0 Å². The topological polar surface area (TPSA) is 56.7 Å². The number of nitrogens with two attached hydrogens (primary N) is 1. The lowest BCUT2D eigenvalue weighted by Gasteiger charge is -2.18. The van der Waals surface area contributed by atoms with Crippen molar-refractivity contribution in [2.45, 2.75) is 12.5 Å². The van der Waals surface area contributed by atoms with Crippen LogP contribution in [-0.2, 0) is 0 Å². The second kappa shape index (κ2) is 5.12. The quantitative estimate of drug-likeness (QED) is 0.917. The monoisotopic (exact) mass is 260 g/mol. The molecule has 0 saturated carbocycles. The number of para-hydroxylation sites is 1. The van der Waals surface area contributed by atoms with Gasteiger partial charge >= 0.3 is 0 Å². The van der Waals surface area contributed by atoms with Gasteiger partial charge in [-0.2, -0.15) is 11.8 Å². The van der Waals surface area contributed by atoms with E-state index in [4.69, 9.17) is 5.73 Å². The molecule has 5 heteroatoms. The molecule has 3 rings (SSSR count). The first kappa shape index (κ1) is 11.7. The highest BCUT2D eigenvalue weighted by atomic mass is 32.2. The van der Waals surface area contributed by atoms with Gasteiger partial charge in [0.2, 0.25) is 0 Å². The van der Waals surface area contributed by atoms with Crippen LogP contribution in [0.3, 0.4) is 0 Å². The summed E-state index contributed by atoms with van der Waals surface area (Å²) in [4.78, 5) is 0. The number of benzene rings is 1. The van der Waals surface area contributed by atoms with E-state index in [0.29, 0.717) is 5.92 Å². The van der Waals surface area contributed by atoms with Crippen molar-refractivity contribution in [3.63, 3.8) is 0 Å². The smallest absolute Gasteiger partial charge is 0.0816 e. The van der Waals surface area contributed by atoms with Gasteiger partial charge in [-0.25, -0.2) is 4.68 Å². The zero-order valence-electron chi connectivity index (χ0n) is 10.1. The molecule has 2 N–H and O–H groups in total. The summed E-state index contributed by atoms with van der Waals surface area (Å²) in [6, 6.07) is 10.1. The van der Waals surface area contributed by atoms with Crippen LogP contribution in [0.4, 0.5) is 0 Å². The molecule has 1 aromatic heterocycles. The lowest BCUT2D eigenvalue weighted by atomic mass is 9.97. The van der Waals surface area contributed by atoms with E-state index < -0.39 is 0 Å². The Labute approximate surface area is 111 Å². The molecule has 1 aliphatic rings. The van der Waals surface area contributed by atoms with Crippen molar-refractivity contribution in [3.05, 3.63) is 42.2 Å². The molecule has 18 heavy (non-hydrogen) atoms. The first-order valence-corrected chi connectivity index (χ1v) is 7.31. The molecule has 0 bridgehead atoms. The van der Waals surface area contributed by atoms with Gasteiger partial charge in [-0.3, -0.25) is 0 Å². The third-order valence-electron chi connectivity index (χ3n) is 3.39. The number of hydrogen-bond donors (Lipinski definition) is 1. The van der Waals surface area contributed by atoms with Gasteiger partial charge in [0.15, 0.2) is 0 Å². The molecule has 0 radical (unpaired) electrons. The zero-order valence-corrected chi connectivity index (χ0v) is 10.9. The van der Waals surface area contributed by atoms with Gasteiger partial charge < -0.3 is 5.73 Å². The summed E-state index contributed by atoms with van der Waals surface area (Å²) in [7, 11) is 0. The lowest BCUT2D eigenvalue weighted by molar-refractivity contribution is 0.462. The minimum Gasteiger partial charge on any atom is -0.322 e. The van der Waals surface area contributed by atoms with Crippen molar-refractivity contribution in [3.8, 4) is 5.69 Å².